The summed E-state index contributed by atoms with van der Waals surface area (Å²) in [7, 11) is -2.98. The van der Waals surface area contributed by atoms with E-state index in [4.69, 9.17) is 11.6 Å². The Balaban J connectivity index is 0.00000181. The fourth-order valence-corrected chi connectivity index (χ4v) is 5.22. The minimum absolute atomic E-state index is 0. The van der Waals surface area contributed by atoms with Crippen LogP contribution in [0.4, 0.5) is 26.2 Å². The van der Waals surface area contributed by atoms with E-state index in [9.17, 15) is 17.6 Å². The average molecular weight is 526 g/mol. The number of para-hydroxylation sites is 2. The lowest BCUT2D eigenvalue weighted by molar-refractivity contribution is 0.245. The zero-order valence-corrected chi connectivity index (χ0v) is 20.2. The van der Waals surface area contributed by atoms with Crippen molar-refractivity contribution >= 4 is 69.3 Å². The van der Waals surface area contributed by atoms with Gasteiger partial charge in [-0.15, -0.1) is 24.8 Å². The van der Waals surface area contributed by atoms with E-state index in [2.05, 4.69) is 15.5 Å². The third-order valence-electron chi connectivity index (χ3n) is 5.35. The SMILES string of the molecule is Cl.Cl.O=C(Nc1ccc(F)c(Cl)c1)N1c2ccccc2NCC1CN1CCS(=O)(=O)CC1. The summed E-state index contributed by atoms with van der Waals surface area (Å²) in [4.78, 5) is 17.0. The van der Waals surface area contributed by atoms with Crippen LogP contribution >= 0.6 is 36.4 Å². The quantitative estimate of drug-likeness (QED) is 0.635. The van der Waals surface area contributed by atoms with Crippen molar-refractivity contribution < 1.29 is 17.6 Å². The number of carbonyl (C=O) groups is 1. The van der Waals surface area contributed by atoms with Crippen molar-refractivity contribution in [3.63, 3.8) is 0 Å². The van der Waals surface area contributed by atoms with Crippen molar-refractivity contribution in [2.24, 2.45) is 0 Å². The van der Waals surface area contributed by atoms with E-state index in [1.54, 1.807) is 4.90 Å². The summed E-state index contributed by atoms with van der Waals surface area (Å²) in [5, 5.41) is 6.07. The van der Waals surface area contributed by atoms with Gasteiger partial charge in [0.05, 0.1) is 33.9 Å². The first-order chi connectivity index (χ1) is 14.3. The summed E-state index contributed by atoms with van der Waals surface area (Å²) in [6, 6.07) is 10.9. The molecule has 2 aliphatic heterocycles. The van der Waals surface area contributed by atoms with Crippen LogP contribution in [0.25, 0.3) is 0 Å². The first kappa shape index (κ1) is 26.5. The van der Waals surface area contributed by atoms with Gasteiger partial charge in [-0.25, -0.2) is 17.6 Å². The van der Waals surface area contributed by atoms with Gasteiger partial charge in [-0.05, 0) is 30.3 Å². The van der Waals surface area contributed by atoms with E-state index < -0.39 is 15.7 Å². The van der Waals surface area contributed by atoms with Gasteiger partial charge in [-0.1, -0.05) is 23.7 Å². The molecule has 7 nitrogen and oxygen atoms in total. The predicted molar refractivity (Wildman–Crippen MR) is 131 cm³/mol. The van der Waals surface area contributed by atoms with Crippen LogP contribution in [-0.2, 0) is 9.84 Å². The molecule has 0 radical (unpaired) electrons. The molecular formula is C20H24Cl3FN4O3S. The van der Waals surface area contributed by atoms with Crippen LogP contribution in [0.5, 0.6) is 0 Å². The van der Waals surface area contributed by atoms with Gasteiger partial charge in [0, 0.05) is 31.9 Å². The van der Waals surface area contributed by atoms with Crippen LogP contribution in [0.1, 0.15) is 0 Å². The third-order valence-corrected chi connectivity index (χ3v) is 7.25. The number of hydrogen-bond donors (Lipinski definition) is 2. The number of hydrogen-bond acceptors (Lipinski definition) is 5. The number of nitrogens with zero attached hydrogens (tertiary/aromatic N) is 2. The highest BCUT2D eigenvalue weighted by atomic mass is 35.5. The van der Waals surface area contributed by atoms with Gasteiger partial charge in [0.2, 0.25) is 0 Å². The maximum absolute atomic E-state index is 13.5. The fraction of sp³-hybridized carbons (Fsp3) is 0.350. The minimum Gasteiger partial charge on any atom is -0.381 e. The van der Waals surface area contributed by atoms with E-state index in [0.29, 0.717) is 31.9 Å². The standard InChI is InChI=1S/C20H22ClFN4O3S.2ClH/c21-16-11-14(5-6-17(16)22)24-20(27)26-15(12-23-18-3-1-2-4-19(18)26)13-25-7-9-30(28,29)10-8-25;;/h1-6,11,15,23H,7-10,12-13H2,(H,24,27);2*1H. The van der Waals surface area contributed by atoms with Crippen LogP contribution in [0.2, 0.25) is 5.02 Å². The molecule has 4 rings (SSSR count). The second-order valence-corrected chi connectivity index (χ2v) is 10.1. The Morgan fingerprint density at radius 3 is 2.53 bits per heavy atom. The van der Waals surface area contributed by atoms with Crippen molar-refractivity contribution in [2.45, 2.75) is 6.04 Å². The maximum Gasteiger partial charge on any atom is 0.326 e. The van der Waals surface area contributed by atoms with Crippen molar-refractivity contribution in [1.29, 1.82) is 0 Å². The molecule has 1 saturated heterocycles. The Labute approximate surface area is 204 Å². The second kappa shape index (κ2) is 10.9. The highest BCUT2D eigenvalue weighted by Crippen LogP contribution is 2.32. The predicted octanol–water partition coefficient (Wildman–Crippen LogP) is 3.89. The van der Waals surface area contributed by atoms with E-state index in [1.165, 1.54) is 18.2 Å². The van der Waals surface area contributed by atoms with Crippen LogP contribution in [0.3, 0.4) is 0 Å². The number of amides is 2. The summed E-state index contributed by atoms with van der Waals surface area (Å²) >= 11 is 5.84. The number of anilines is 3. The van der Waals surface area contributed by atoms with Crippen molar-refractivity contribution in [3.8, 4) is 0 Å². The van der Waals surface area contributed by atoms with E-state index in [1.807, 2.05) is 24.3 Å². The molecule has 0 bridgehead atoms. The Morgan fingerprint density at radius 2 is 1.84 bits per heavy atom. The molecule has 12 heteroatoms. The third kappa shape index (κ3) is 5.96. The van der Waals surface area contributed by atoms with Gasteiger partial charge in [0.1, 0.15) is 5.82 Å². The Bertz CT molecular complexity index is 1060. The molecule has 1 atom stereocenters. The topological polar surface area (TPSA) is 81.8 Å². The Morgan fingerprint density at radius 1 is 1.16 bits per heavy atom. The molecule has 0 spiro atoms. The smallest absolute Gasteiger partial charge is 0.326 e. The molecular weight excluding hydrogens is 502 g/mol. The summed E-state index contributed by atoms with van der Waals surface area (Å²) in [5.74, 6) is -0.297. The zero-order chi connectivity index (χ0) is 21.3. The fourth-order valence-electron chi connectivity index (χ4n) is 3.76. The maximum atomic E-state index is 13.5. The summed E-state index contributed by atoms with van der Waals surface area (Å²) < 4.78 is 36.9. The normalized spacial score (nSPS) is 19.6. The van der Waals surface area contributed by atoms with Gasteiger partial charge in [-0.3, -0.25) is 9.80 Å². The molecule has 0 aromatic heterocycles. The molecule has 1 unspecified atom stereocenters. The molecule has 2 amide bonds. The highest BCUT2D eigenvalue weighted by Gasteiger charge is 2.33. The lowest BCUT2D eigenvalue weighted by Crippen LogP contribution is -2.56. The Kier molecular flexibility index (Phi) is 9.01. The van der Waals surface area contributed by atoms with Gasteiger partial charge in [0.25, 0.3) is 0 Å². The monoisotopic (exact) mass is 524 g/mol. The van der Waals surface area contributed by atoms with Crippen molar-refractivity contribution in [1.82, 2.24) is 4.90 Å². The second-order valence-electron chi connectivity index (χ2n) is 7.43. The van der Waals surface area contributed by atoms with Crippen LogP contribution in [0.15, 0.2) is 42.5 Å². The molecule has 2 aromatic rings. The first-order valence-corrected chi connectivity index (χ1v) is 11.8. The number of nitrogens with one attached hydrogen (secondary N) is 2. The number of halogens is 4. The summed E-state index contributed by atoms with van der Waals surface area (Å²) in [6.07, 6.45) is 0. The lowest BCUT2D eigenvalue weighted by Gasteiger charge is -2.40. The number of sulfone groups is 1. The van der Waals surface area contributed by atoms with Crippen LogP contribution < -0.4 is 15.5 Å². The average Bonchev–Trinajstić information content (AvgIpc) is 2.72. The van der Waals surface area contributed by atoms with E-state index in [0.717, 1.165) is 11.4 Å². The van der Waals surface area contributed by atoms with E-state index >= 15 is 0 Å². The molecule has 2 aromatic carbocycles. The summed E-state index contributed by atoms with van der Waals surface area (Å²) in [5.41, 5.74) is 1.96. The first-order valence-electron chi connectivity index (χ1n) is 9.63. The number of fused-ring (bicyclic) bond motifs is 1. The molecule has 176 valence electrons. The van der Waals surface area contributed by atoms with Gasteiger partial charge < -0.3 is 10.6 Å². The van der Waals surface area contributed by atoms with Gasteiger partial charge in [-0.2, -0.15) is 0 Å². The molecule has 2 aliphatic rings. The number of benzene rings is 2. The zero-order valence-electron chi connectivity index (χ0n) is 17.0. The van der Waals surface area contributed by atoms with Crippen LogP contribution in [0, 0.1) is 5.82 Å². The van der Waals surface area contributed by atoms with Crippen molar-refractivity contribution in [2.75, 3.05) is 53.2 Å². The van der Waals surface area contributed by atoms with Gasteiger partial charge >= 0.3 is 6.03 Å². The molecule has 1 fully saturated rings. The van der Waals surface area contributed by atoms with Crippen molar-refractivity contribution in [3.05, 3.63) is 53.3 Å². The molecule has 2 N–H and O–H groups in total. The molecule has 32 heavy (non-hydrogen) atoms. The molecule has 0 saturated carbocycles. The summed E-state index contributed by atoms with van der Waals surface area (Å²) in [6.45, 7) is 1.96. The highest BCUT2D eigenvalue weighted by molar-refractivity contribution is 7.91. The minimum atomic E-state index is -2.98. The van der Waals surface area contributed by atoms with E-state index in [-0.39, 0.29) is 53.4 Å². The number of rotatable bonds is 3. The number of urea groups is 1. The van der Waals surface area contributed by atoms with Crippen LogP contribution in [-0.4, -0.2) is 63.1 Å². The molecule has 0 aliphatic carbocycles. The lowest BCUT2D eigenvalue weighted by atomic mass is 10.1. The largest absolute Gasteiger partial charge is 0.381 e. The van der Waals surface area contributed by atoms with Gasteiger partial charge in [0.15, 0.2) is 9.84 Å². The Hall–Kier alpha value is -1.78. The molecule has 2 heterocycles. The number of carbonyl (C=O) groups excluding carboxylic acids is 1.